The molecule has 2 saturated heterocycles. The Morgan fingerprint density at radius 3 is 1.71 bits per heavy atom. The average molecular weight is 1710 g/mol. The number of benzene rings is 2. The second kappa shape index (κ2) is 44.8. The number of aromatic hydroxyl groups is 2. The van der Waals surface area contributed by atoms with Gasteiger partial charge >= 0.3 is 5.97 Å². The number of amides is 13. The van der Waals surface area contributed by atoms with Crippen molar-refractivity contribution in [3.8, 4) is 11.5 Å². The number of carboxylic acid groups (broad SMARTS) is 1. The summed E-state index contributed by atoms with van der Waals surface area (Å²) in [6.45, 7) is 14.3. The minimum Gasteiger partial charge on any atom is -0.508 e. The molecule has 32 nitrogen and oxygen atoms in total. The molecule has 0 aliphatic carbocycles. The van der Waals surface area contributed by atoms with Crippen LogP contribution >= 0.6 is 21.6 Å². The van der Waals surface area contributed by atoms with E-state index in [4.69, 9.17) is 0 Å². The van der Waals surface area contributed by atoms with Crippen molar-refractivity contribution in [2.45, 2.75) is 140 Å². The van der Waals surface area contributed by atoms with E-state index in [1.807, 2.05) is 13.8 Å². The Morgan fingerprint density at radius 2 is 1.20 bits per heavy atom. The van der Waals surface area contributed by atoms with Gasteiger partial charge in [-0.15, -0.1) is 0 Å². The van der Waals surface area contributed by atoms with Crippen molar-refractivity contribution in [1.29, 1.82) is 0 Å². The molecule has 10 atom stereocenters. The van der Waals surface area contributed by atoms with Crippen molar-refractivity contribution >= 4 is 104 Å². The number of hydrogen-bond donors (Lipinski definition) is 15. The summed E-state index contributed by atoms with van der Waals surface area (Å²) in [6, 6.07) is -3.12. The summed E-state index contributed by atoms with van der Waals surface area (Å²) in [5.41, 5.74) is 0.687. The van der Waals surface area contributed by atoms with Gasteiger partial charge < -0.3 is 112 Å². The van der Waals surface area contributed by atoms with Crippen molar-refractivity contribution in [2.75, 3.05) is 71.4 Å². The second-order valence-corrected chi connectivity index (χ2v) is 26.9. The smallest absolute Gasteiger partial charge is 0.305 e. The van der Waals surface area contributed by atoms with Crippen molar-refractivity contribution in [1.82, 2.24) is 73.2 Å². The fourth-order valence-electron chi connectivity index (χ4n) is 10.5. The number of aliphatic carboxylic acids is 1. The number of likely N-dealkylation sites (N-methyl/N-ethyl adjacent to an activating group) is 2. The maximum Gasteiger partial charge on any atom is 0.305 e. The van der Waals surface area contributed by atoms with Gasteiger partial charge in [0.1, 0.15) is 65.9 Å². The number of carbonyl (C=O) groups excluding carboxylic acids is 13. The van der Waals surface area contributed by atoms with Crippen LogP contribution in [0.15, 0.2) is 48.5 Å². The molecule has 0 bridgehead atoms. The molecule has 2 aromatic carbocycles. The molecule has 552 valence electrons. The molecule has 4 rings (SSSR count). The summed E-state index contributed by atoms with van der Waals surface area (Å²) >= 11 is 0. The Hall–Kier alpha value is -6.37. The molecule has 13 amide bonds. The van der Waals surface area contributed by atoms with E-state index in [2.05, 4.69) is 72.3 Å². The van der Waals surface area contributed by atoms with E-state index in [0.717, 1.165) is 26.5 Å². The number of phenols is 2. The minimum atomic E-state index is -2.02. The molecular weight excluding hydrogens is 1620 g/mol. The van der Waals surface area contributed by atoms with Crippen LogP contribution in [0.5, 0.6) is 11.5 Å². The van der Waals surface area contributed by atoms with E-state index in [-0.39, 0.29) is 187 Å². The van der Waals surface area contributed by atoms with Crippen LogP contribution in [-0.4, -0.2) is 250 Å². The van der Waals surface area contributed by atoms with Crippen molar-refractivity contribution in [3.63, 3.8) is 0 Å². The van der Waals surface area contributed by atoms with E-state index in [9.17, 15) is 87.5 Å². The van der Waals surface area contributed by atoms with Gasteiger partial charge in [0.05, 0.1) is 37.4 Å². The van der Waals surface area contributed by atoms with Gasteiger partial charge in [0.25, 0.3) is 0 Å². The normalized spacial score (nSPS) is 20.8. The Labute approximate surface area is 647 Å². The standard InChI is InChI=1S/C63H92N14O18S2.2Gd/c1-34(2)25-46(68-52(84)31-76(23-20-65-37(6)79)24-21-66-38(7)80)63(95)77-22-10-11-49(77)60(92)72-47-32-96-97-33-48(62(94)75(9)50(26-35(3)4)59(91)64-8)73-61(93)54(36(5)78)74-51(83)30-67-55(87)43(27-39-12-16-41(81)17-13-39)69-56(88)44(28-40-14-18-42(82)19-15-40)70-57(89)45(29-53(85)86)71-58(47)90;;/h12-19,34-36,43-50,54,78,81-82H,6-7,10-11,20-33H2,1-5,8-9H3,(H,64,91)(H,65,79)(H,66,80)(H,67,87)(H,68,84)(H,69,88)(H,70,89)(H,71,90)(H,72,92)(H,73,93)(H,74,83)(H,85,86);;/q-2;;/t36?,43-,44-,45-,46-,47-,48-,49-,50-,54-;;/m0../s1. The number of nitrogens with zero attached hydrogens (tertiary/aromatic N) is 3. The monoisotopic (exact) mass is 1710 g/mol. The molecule has 2 aliphatic rings. The van der Waals surface area contributed by atoms with Crippen molar-refractivity contribution in [2.24, 2.45) is 11.8 Å². The maximum atomic E-state index is 14.9. The number of nitrogens with one attached hydrogen (secondary N) is 11. The quantitative estimate of drug-likeness (QED) is 0.0321. The first kappa shape index (κ1) is 88.7. The maximum absolute atomic E-state index is 14.9. The van der Waals surface area contributed by atoms with Crippen molar-refractivity contribution < 1.29 is 167 Å². The fraction of sp³-hybridized carbons (Fsp3) is 0.556. The van der Waals surface area contributed by atoms with Crippen LogP contribution in [0.2, 0.25) is 0 Å². The molecule has 2 fully saturated rings. The van der Waals surface area contributed by atoms with E-state index in [1.165, 1.54) is 74.4 Å². The number of aliphatic hydroxyl groups excluding tert-OH is 1. The molecule has 2 aromatic rings. The van der Waals surface area contributed by atoms with Crippen LogP contribution in [0, 0.1) is 106 Å². The number of rotatable bonds is 26. The predicted octanol–water partition coefficient (Wildman–Crippen LogP) is -3.50. The number of carbonyl (C=O) groups is 14. The third kappa shape index (κ3) is 31.2. The van der Waals surface area contributed by atoms with Crippen molar-refractivity contribution in [3.05, 3.63) is 73.5 Å². The first-order valence-corrected chi connectivity index (χ1v) is 34.0. The van der Waals surface area contributed by atoms with Gasteiger partial charge in [0.15, 0.2) is 0 Å². The molecule has 0 radical (unpaired) electrons. The predicted molar refractivity (Wildman–Crippen MR) is 356 cm³/mol. The summed E-state index contributed by atoms with van der Waals surface area (Å²) in [6.07, 6.45) is -2.89. The molecule has 15 N–H and O–H groups in total. The van der Waals surface area contributed by atoms with Crippen LogP contribution in [0.4, 0.5) is 0 Å². The largest absolute Gasteiger partial charge is 0.508 e. The van der Waals surface area contributed by atoms with Crippen LogP contribution in [0.25, 0.3) is 0 Å². The first-order chi connectivity index (χ1) is 45.8. The SMILES string of the molecule is [CH2-]C(=O)NCCN(CCNC([CH2-])=O)CC(=O)N[C@@H](CC(C)C)C(=O)N1CCC[C@H]1C(=O)N[C@H]1CSSC[C@@H](C(=O)N(C)[C@@H](CC(C)C)C(=O)NC)NC(=O)[C@H](C(C)O)NC(=O)CNC(=O)[C@H](Cc2ccc(O)cc2)NC(=O)[C@H](Cc2ccc(O)cc2)NC(=O)[C@H](CC(=O)O)NC1=O.[Gd].[Gd]. The van der Waals surface area contributed by atoms with Gasteiger partial charge in [-0.2, -0.15) is 0 Å². The van der Waals surface area contributed by atoms with E-state index in [1.54, 1.807) is 18.7 Å². The third-order valence-electron chi connectivity index (χ3n) is 15.4. The summed E-state index contributed by atoms with van der Waals surface area (Å²) in [4.78, 5) is 197. The zero-order valence-corrected chi connectivity index (χ0v) is 62.3. The van der Waals surface area contributed by atoms with Crippen LogP contribution in [0.3, 0.4) is 0 Å². The zero-order chi connectivity index (χ0) is 72.2. The topological polar surface area (TPSA) is 462 Å². The van der Waals surface area contributed by atoms with Crippen LogP contribution in [-0.2, 0) is 80.0 Å². The first-order valence-electron chi connectivity index (χ1n) is 31.6. The summed E-state index contributed by atoms with van der Waals surface area (Å²) < 4.78 is 0. The Morgan fingerprint density at radius 1 is 0.687 bits per heavy atom. The summed E-state index contributed by atoms with van der Waals surface area (Å²) in [5, 5.41) is 69.1. The molecule has 0 spiro atoms. The van der Waals surface area contributed by atoms with Gasteiger partial charge in [-0.3, -0.25) is 62.4 Å². The minimum absolute atomic E-state index is 0. The number of likely N-dealkylation sites (tertiary alicyclic amines) is 1. The van der Waals surface area contributed by atoms with Gasteiger partial charge in [-0.25, -0.2) is 0 Å². The number of hydrogen-bond acceptors (Lipinski definition) is 20. The van der Waals surface area contributed by atoms with Gasteiger partial charge in [0.2, 0.25) is 65.0 Å². The Kier molecular flexibility index (Phi) is 40.1. The molecule has 2 aliphatic heterocycles. The van der Waals surface area contributed by atoms with E-state index < -0.39 is 162 Å². The second-order valence-electron chi connectivity index (χ2n) is 24.3. The van der Waals surface area contributed by atoms with E-state index in [0.29, 0.717) is 11.1 Å². The van der Waals surface area contributed by atoms with Crippen LogP contribution in [0.1, 0.15) is 77.8 Å². The summed E-state index contributed by atoms with van der Waals surface area (Å²) in [7, 11) is 4.40. The molecule has 99 heavy (non-hydrogen) atoms. The Balaban J connectivity index is 0.0000167. The summed E-state index contributed by atoms with van der Waals surface area (Å²) in [5.74, 6) is -14.4. The van der Waals surface area contributed by atoms with Gasteiger partial charge in [-0.1, -0.05) is 73.5 Å². The number of carboxylic acids is 1. The number of aliphatic hydroxyl groups is 1. The average Bonchev–Trinajstić information content (AvgIpc) is 1.78. The molecule has 36 heteroatoms. The molecular formula is C63H92Gd2N14O18S2-2. The molecule has 1 unspecified atom stereocenters. The van der Waals surface area contributed by atoms with E-state index >= 15 is 0 Å². The Bertz CT molecular complexity index is 3080. The molecule has 0 aromatic heterocycles. The van der Waals surface area contributed by atoms with Gasteiger partial charge in [0, 0.05) is 151 Å². The third-order valence-corrected chi connectivity index (χ3v) is 17.9. The zero-order valence-electron chi connectivity index (χ0n) is 56.1. The number of phenolic OH excluding ortho intramolecular Hbond substituents is 2. The molecule has 2 heterocycles. The fourth-order valence-corrected chi connectivity index (χ4v) is 12.8. The molecule has 0 saturated carbocycles. The van der Waals surface area contributed by atoms with Gasteiger partial charge in [-0.05, 0) is 79.8 Å². The van der Waals surface area contributed by atoms with Crippen LogP contribution < -0.4 is 58.5 Å².